The van der Waals surface area contributed by atoms with E-state index in [2.05, 4.69) is 5.10 Å². The van der Waals surface area contributed by atoms with Crippen molar-refractivity contribution < 1.29 is 17.9 Å². The van der Waals surface area contributed by atoms with Gasteiger partial charge in [0.25, 0.3) is 0 Å². The van der Waals surface area contributed by atoms with Gasteiger partial charge in [-0.2, -0.15) is 5.10 Å². The number of rotatable bonds is 7. The molecule has 0 aliphatic carbocycles. The van der Waals surface area contributed by atoms with Gasteiger partial charge >= 0.3 is 0 Å². The molecule has 0 spiro atoms. The van der Waals surface area contributed by atoms with Crippen LogP contribution in [0.15, 0.2) is 17.3 Å². The molecule has 0 fully saturated rings. The van der Waals surface area contributed by atoms with Gasteiger partial charge in [0.05, 0.1) is 32.6 Å². The van der Waals surface area contributed by atoms with Gasteiger partial charge in [-0.3, -0.25) is 4.68 Å². The van der Waals surface area contributed by atoms with E-state index >= 15 is 0 Å². The fourth-order valence-electron chi connectivity index (χ4n) is 1.02. The van der Waals surface area contributed by atoms with Gasteiger partial charge in [0.15, 0.2) is 0 Å². The van der Waals surface area contributed by atoms with Crippen molar-refractivity contribution in [1.82, 2.24) is 9.78 Å². The smallest absolute Gasteiger partial charge is 0.241 e. The van der Waals surface area contributed by atoms with Gasteiger partial charge in [0, 0.05) is 13.3 Å². The lowest BCUT2D eigenvalue weighted by atomic mass is 10.6. The molecular formula is C8H15N3O4S. The highest BCUT2D eigenvalue weighted by atomic mass is 32.2. The molecule has 1 aromatic heterocycles. The third-order valence-electron chi connectivity index (χ3n) is 1.83. The summed E-state index contributed by atoms with van der Waals surface area (Å²) in [4.78, 5) is 0.00407. The number of hydrogen-bond acceptors (Lipinski definition) is 5. The lowest BCUT2D eigenvalue weighted by Crippen LogP contribution is -2.12. The van der Waals surface area contributed by atoms with Crippen molar-refractivity contribution in [2.45, 2.75) is 11.4 Å². The van der Waals surface area contributed by atoms with Gasteiger partial charge < -0.3 is 9.47 Å². The Labute approximate surface area is 94.2 Å². The molecule has 0 saturated heterocycles. The minimum Gasteiger partial charge on any atom is -0.382 e. The Hall–Kier alpha value is -0.960. The lowest BCUT2D eigenvalue weighted by molar-refractivity contribution is 0.0654. The minimum atomic E-state index is -3.67. The van der Waals surface area contributed by atoms with Crippen LogP contribution in [-0.2, 0) is 26.0 Å². The first-order valence-corrected chi connectivity index (χ1v) is 6.20. The molecule has 0 bridgehead atoms. The third-order valence-corrected chi connectivity index (χ3v) is 2.70. The van der Waals surface area contributed by atoms with E-state index in [9.17, 15) is 8.42 Å². The zero-order valence-electron chi connectivity index (χ0n) is 9.00. The molecular weight excluding hydrogens is 234 g/mol. The summed E-state index contributed by atoms with van der Waals surface area (Å²) < 4.78 is 33.3. The SMILES string of the molecule is COCCOCCn1cc(S(N)(=O)=O)cn1. The van der Waals surface area contributed by atoms with Crippen LogP contribution in [0.3, 0.4) is 0 Å². The predicted octanol–water partition coefficient (Wildman–Crippen LogP) is -0.806. The van der Waals surface area contributed by atoms with Crippen molar-refractivity contribution in [2.75, 3.05) is 26.9 Å². The third kappa shape index (κ3) is 4.27. The van der Waals surface area contributed by atoms with Crippen LogP contribution in [0, 0.1) is 0 Å². The summed E-state index contributed by atoms with van der Waals surface area (Å²) in [6.45, 7) is 1.94. The maximum atomic E-state index is 10.9. The van der Waals surface area contributed by atoms with Crippen LogP contribution in [0.2, 0.25) is 0 Å². The molecule has 16 heavy (non-hydrogen) atoms. The van der Waals surface area contributed by atoms with E-state index in [1.807, 2.05) is 0 Å². The van der Waals surface area contributed by atoms with Crippen molar-refractivity contribution in [2.24, 2.45) is 5.14 Å². The summed E-state index contributed by atoms with van der Waals surface area (Å²) in [6, 6.07) is 0. The van der Waals surface area contributed by atoms with Crippen molar-refractivity contribution in [3.63, 3.8) is 0 Å². The molecule has 0 amide bonds. The molecule has 0 aromatic carbocycles. The number of sulfonamides is 1. The Morgan fingerprint density at radius 3 is 2.75 bits per heavy atom. The van der Waals surface area contributed by atoms with Crippen molar-refractivity contribution in [3.05, 3.63) is 12.4 Å². The Morgan fingerprint density at radius 2 is 2.19 bits per heavy atom. The van der Waals surface area contributed by atoms with E-state index in [4.69, 9.17) is 14.6 Å². The summed E-state index contributed by atoms with van der Waals surface area (Å²) >= 11 is 0. The molecule has 1 aromatic rings. The lowest BCUT2D eigenvalue weighted by Gasteiger charge is -2.03. The van der Waals surface area contributed by atoms with Crippen LogP contribution >= 0.6 is 0 Å². The van der Waals surface area contributed by atoms with E-state index < -0.39 is 10.0 Å². The van der Waals surface area contributed by atoms with Crippen LogP contribution in [0.1, 0.15) is 0 Å². The minimum absolute atomic E-state index is 0.00407. The molecule has 0 unspecified atom stereocenters. The van der Waals surface area contributed by atoms with Crippen LogP contribution in [0.5, 0.6) is 0 Å². The number of aromatic nitrogens is 2. The maximum Gasteiger partial charge on any atom is 0.241 e. The van der Waals surface area contributed by atoms with E-state index in [1.165, 1.54) is 17.1 Å². The second-order valence-electron chi connectivity index (χ2n) is 3.09. The first-order valence-electron chi connectivity index (χ1n) is 4.66. The van der Waals surface area contributed by atoms with E-state index in [1.54, 1.807) is 7.11 Å². The Kier molecular flexibility index (Phi) is 4.87. The molecule has 1 heterocycles. The highest BCUT2D eigenvalue weighted by molar-refractivity contribution is 7.89. The zero-order chi connectivity index (χ0) is 12.0. The van der Waals surface area contributed by atoms with Crippen LogP contribution in [0.4, 0.5) is 0 Å². The van der Waals surface area contributed by atoms with E-state index in [-0.39, 0.29) is 4.90 Å². The molecule has 92 valence electrons. The molecule has 2 N–H and O–H groups in total. The summed E-state index contributed by atoms with van der Waals surface area (Å²) in [5.41, 5.74) is 0. The first kappa shape index (κ1) is 13.1. The summed E-state index contributed by atoms with van der Waals surface area (Å²) in [6.07, 6.45) is 2.58. The second kappa shape index (κ2) is 5.94. The van der Waals surface area contributed by atoms with Gasteiger partial charge in [-0.1, -0.05) is 0 Å². The molecule has 8 heteroatoms. The summed E-state index contributed by atoms with van der Waals surface area (Å²) in [7, 11) is -2.07. The van der Waals surface area contributed by atoms with Crippen molar-refractivity contribution in [1.29, 1.82) is 0 Å². The number of primary sulfonamides is 1. The fourth-order valence-corrected chi connectivity index (χ4v) is 1.48. The van der Waals surface area contributed by atoms with Crippen LogP contribution in [-0.4, -0.2) is 45.1 Å². The number of hydrogen-bond donors (Lipinski definition) is 1. The number of nitrogens with zero attached hydrogens (tertiary/aromatic N) is 2. The largest absolute Gasteiger partial charge is 0.382 e. The molecule has 1 rings (SSSR count). The molecule has 0 aliphatic rings. The van der Waals surface area contributed by atoms with E-state index in [0.717, 1.165) is 0 Å². The van der Waals surface area contributed by atoms with Crippen LogP contribution in [0.25, 0.3) is 0 Å². The average Bonchev–Trinajstić information content (AvgIpc) is 2.65. The number of ether oxygens (including phenoxy) is 2. The van der Waals surface area contributed by atoms with Gasteiger partial charge in [0.2, 0.25) is 10.0 Å². The first-order chi connectivity index (χ1) is 7.54. The Balaban J connectivity index is 2.36. The monoisotopic (exact) mass is 249 g/mol. The highest BCUT2D eigenvalue weighted by Gasteiger charge is 2.09. The van der Waals surface area contributed by atoms with E-state index in [0.29, 0.717) is 26.4 Å². The van der Waals surface area contributed by atoms with Crippen LogP contribution < -0.4 is 5.14 Å². The van der Waals surface area contributed by atoms with Gasteiger partial charge in [-0.15, -0.1) is 0 Å². The Morgan fingerprint density at radius 1 is 1.44 bits per heavy atom. The molecule has 7 nitrogen and oxygen atoms in total. The normalized spacial score (nSPS) is 11.9. The number of nitrogens with two attached hydrogens (primary N) is 1. The summed E-state index contributed by atoms with van der Waals surface area (Å²) in [5, 5.41) is 8.78. The fraction of sp³-hybridized carbons (Fsp3) is 0.625. The predicted molar refractivity (Wildman–Crippen MR) is 56.3 cm³/mol. The van der Waals surface area contributed by atoms with Gasteiger partial charge in [-0.25, -0.2) is 13.6 Å². The maximum absolute atomic E-state index is 10.9. The standard InChI is InChI=1S/C8H15N3O4S/c1-14-4-5-15-3-2-11-7-8(6-10-11)16(9,12)13/h6-7H,2-5H2,1H3,(H2,9,12,13). The molecule has 0 aliphatic heterocycles. The topological polar surface area (TPSA) is 96.4 Å². The second-order valence-corrected chi connectivity index (χ2v) is 4.65. The zero-order valence-corrected chi connectivity index (χ0v) is 9.81. The number of methoxy groups -OCH3 is 1. The van der Waals surface area contributed by atoms with Crippen molar-refractivity contribution in [3.8, 4) is 0 Å². The molecule has 0 atom stereocenters. The highest BCUT2D eigenvalue weighted by Crippen LogP contribution is 2.03. The quantitative estimate of drug-likeness (QED) is 0.638. The van der Waals surface area contributed by atoms with Gasteiger partial charge in [0.1, 0.15) is 4.90 Å². The van der Waals surface area contributed by atoms with Crippen molar-refractivity contribution >= 4 is 10.0 Å². The summed E-state index contributed by atoms with van der Waals surface area (Å²) in [5.74, 6) is 0. The average molecular weight is 249 g/mol. The Bertz CT molecular complexity index is 415. The van der Waals surface area contributed by atoms with Gasteiger partial charge in [-0.05, 0) is 0 Å². The molecule has 0 radical (unpaired) electrons. The molecule has 0 saturated carbocycles.